The highest BCUT2D eigenvalue weighted by atomic mass is 35.5. The number of hydrogen-bond acceptors (Lipinski definition) is 17. The van der Waals surface area contributed by atoms with Crippen LogP contribution in [-0.4, -0.2) is 202 Å². The molecule has 520 valence electrons. The first kappa shape index (κ1) is 75.4. The van der Waals surface area contributed by atoms with E-state index in [9.17, 15) is 57.8 Å². The average Bonchev–Trinajstić information content (AvgIpc) is 1.57. The first-order valence-corrected chi connectivity index (χ1v) is 32.4. The number of rotatable bonds is 16. The van der Waals surface area contributed by atoms with Gasteiger partial charge in [-0.1, -0.05) is 63.6 Å². The molecule has 32 heteroatoms. The summed E-state index contributed by atoms with van der Waals surface area (Å²) < 4.78 is 0. The number of benzene rings is 1. The number of carboxylic acids is 1. The number of hydrogen-bond donors (Lipinski definition) is 14. The highest BCUT2D eigenvalue weighted by molar-refractivity contribution is 6.30. The molecule has 3 saturated heterocycles. The molecule has 0 saturated carbocycles. The van der Waals surface area contributed by atoms with Crippen molar-refractivity contribution in [2.24, 2.45) is 5.92 Å². The maximum atomic E-state index is 15.1. The van der Waals surface area contributed by atoms with E-state index in [1.54, 1.807) is 44.2 Å². The molecule has 3 aliphatic rings. The summed E-state index contributed by atoms with van der Waals surface area (Å²) in [7, 11) is 0. The second kappa shape index (κ2) is 37.4. The van der Waals surface area contributed by atoms with Crippen molar-refractivity contribution < 1.29 is 72.2 Å². The van der Waals surface area contributed by atoms with Crippen LogP contribution in [0.15, 0.2) is 73.3 Å². The number of amides is 13. The second-order valence-corrected chi connectivity index (χ2v) is 25.0. The van der Waals surface area contributed by atoms with Gasteiger partial charge in [0.25, 0.3) is 0 Å². The third kappa shape index (κ3) is 24.6. The van der Waals surface area contributed by atoms with Crippen molar-refractivity contribution in [2.75, 3.05) is 32.7 Å². The van der Waals surface area contributed by atoms with E-state index >= 15 is 14.4 Å². The van der Waals surface area contributed by atoms with Gasteiger partial charge in [-0.3, -0.25) is 72.3 Å². The minimum atomic E-state index is -2.04. The Morgan fingerprint density at radius 2 is 1.15 bits per heavy atom. The number of unbranched alkanes of at least 4 members (excludes halogenated alkanes) is 1. The van der Waals surface area contributed by atoms with Gasteiger partial charge in [-0.05, 0) is 98.4 Å². The van der Waals surface area contributed by atoms with Crippen molar-refractivity contribution in [3.63, 3.8) is 0 Å². The quantitative estimate of drug-likeness (QED) is 0.0653. The molecule has 31 nitrogen and oxygen atoms in total. The van der Waals surface area contributed by atoms with Gasteiger partial charge in [0.1, 0.15) is 60.4 Å². The molecule has 96 heavy (non-hydrogen) atoms. The Hall–Kier alpha value is -9.65. The predicted octanol–water partition coefficient (Wildman–Crippen LogP) is -2.62. The largest absolute Gasteiger partial charge is 0.480 e. The van der Waals surface area contributed by atoms with Gasteiger partial charge in [0, 0.05) is 81.7 Å². The van der Waals surface area contributed by atoms with Crippen LogP contribution in [0.5, 0.6) is 0 Å². The summed E-state index contributed by atoms with van der Waals surface area (Å²) in [5.74, 6) is -14.3. The number of nitrogens with zero attached hydrogens (tertiary/aromatic N) is 3. The molecule has 1 aromatic carbocycles. The van der Waals surface area contributed by atoms with Crippen molar-refractivity contribution in [1.29, 1.82) is 0 Å². The summed E-state index contributed by atoms with van der Waals surface area (Å²) in [6, 6.07) is -3.48. The van der Waals surface area contributed by atoms with E-state index in [1.807, 2.05) is 13.8 Å². The number of fused-ring (bicyclic) bond motifs is 4. The van der Waals surface area contributed by atoms with Crippen LogP contribution in [0.3, 0.4) is 0 Å². The van der Waals surface area contributed by atoms with Gasteiger partial charge < -0.3 is 79.1 Å². The molecule has 3 aliphatic heterocycles. The van der Waals surface area contributed by atoms with Gasteiger partial charge in [0.05, 0.1) is 19.4 Å². The number of pyridine rings is 2. The van der Waals surface area contributed by atoms with Gasteiger partial charge in [-0.15, -0.1) is 0 Å². The third-order valence-electron chi connectivity index (χ3n) is 15.9. The number of carboxylic acid groups (broad SMARTS) is 1. The van der Waals surface area contributed by atoms with Gasteiger partial charge >= 0.3 is 5.97 Å². The molecular weight excluding hydrogens is 1270 g/mol. The fourth-order valence-corrected chi connectivity index (χ4v) is 11.1. The lowest BCUT2D eigenvalue weighted by atomic mass is 10.00. The summed E-state index contributed by atoms with van der Waals surface area (Å²) in [5.41, 5.74) is 1.19. The summed E-state index contributed by atoms with van der Waals surface area (Å²) in [5, 5.41) is 44.6. The fraction of sp³-hybridized carbons (Fsp3) is 0.531. The SMILES string of the molecule is CC(=O)N[C@H]1CC(=O)NCC(=O)NCC[C@@H]2NC(=O)[C@H](CC(=O)NC[C@@H](C(=O)O)NC(=O)[C@@H]3CCCN3C(=O)[C@H](CCCCNC(C)C)NC(=O)[C@H](CC(C)C)NC(=O)[C@@H](Cc3cccnc3)NC2=O)NC(=O)[C@@H](Cc2cccnc2)NC(=O)[C@@H](Cc2ccc(Cl)cc2)NC1=O. The lowest BCUT2D eigenvalue weighted by molar-refractivity contribution is -0.145. The third-order valence-corrected chi connectivity index (χ3v) is 16.2. The maximum Gasteiger partial charge on any atom is 0.328 e. The minimum Gasteiger partial charge on any atom is -0.480 e. The first-order valence-electron chi connectivity index (χ1n) is 32.0. The normalized spacial score (nSPS) is 24.8. The maximum absolute atomic E-state index is 15.1. The van der Waals surface area contributed by atoms with Crippen LogP contribution in [0.1, 0.15) is 109 Å². The Kier molecular flexibility index (Phi) is 29.4. The Balaban J connectivity index is 1.46. The number of carbonyl (C=O) groups is 14. The number of carbonyl (C=O) groups excluding carboxylic acids is 13. The summed E-state index contributed by atoms with van der Waals surface area (Å²) >= 11 is 6.18. The molecule has 2 bridgehead atoms. The summed E-state index contributed by atoms with van der Waals surface area (Å²) in [6.07, 6.45) is 3.99. The molecule has 5 heterocycles. The minimum absolute atomic E-state index is 0.00995. The fourth-order valence-electron chi connectivity index (χ4n) is 11.0. The number of nitrogens with one attached hydrogen (secondary N) is 13. The van der Waals surface area contributed by atoms with E-state index in [1.165, 1.54) is 47.9 Å². The van der Waals surface area contributed by atoms with E-state index in [2.05, 4.69) is 79.1 Å². The lowest BCUT2D eigenvalue weighted by Crippen LogP contribution is -2.61. The monoisotopic (exact) mass is 1350 g/mol. The van der Waals surface area contributed by atoms with Crippen molar-refractivity contribution in [3.05, 3.63) is 95.0 Å². The van der Waals surface area contributed by atoms with Gasteiger partial charge in [-0.25, -0.2) is 4.79 Å². The summed E-state index contributed by atoms with van der Waals surface area (Å²) in [6.45, 7) is 7.21. The van der Waals surface area contributed by atoms with Crippen LogP contribution in [0, 0.1) is 5.92 Å². The topological polar surface area (TPSA) is 445 Å². The van der Waals surface area contributed by atoms with Crippen LogP contribution < -0.4 is 69.1 Å². The van der Waals surface area contributed by atoms with Crippen LogP contribution in [0.2, 0.25) is 5.02 Å². The van der Waals surface area contributed by atoms with Crippen LogP contribution >= 0.6 is 11.6 Å². The first-order chi connectivity index (χ1) is 45.7. The van der Waals surface area contributed by atoms with Gasteiger partial charge in [0.15, 0.2) is 0 Å². The van der Waals surface area contributed by atoms with E-state index in [4.69, 9.17) is 11.6 Å². The van der Waals surface area contributed by atoms with E-state index in [0.717, 1.165) is 6.92 Å². The Morgan fingerprint density at radius 1 is 0.594 bits per heavy atom. The average molecular weight is 1360 g/mol. The molecule has 6 rings (SSSR count). The van der Waals surface area contributed by atoms with Crippen molar-refractivity contribution in [2.45, 2.75) is 178 Å². The zero-order valence-electron chi connectivity index (χ0n) is 54.3. The highest BCUT2D eigenvalue weighted by Gasteiger charge is 2.41. The van der Waals surface area contributed by atoms with E-state index in [0.29, 0.717) is 47.5 Å². The van der Waals surface area contributed by atoms with Crippen LogP contribution in [-0.2, 0) is 86.4 Å². The zero-order valence-corrected chi connectivity index (χ0v) is 55.0. The molecule has 0 unspecified atom stereocenters. The molecule has 0 radical (unpaired) electrons. The molecule has 14 N–H and O–H groups in total. The lowest BCUT2D eigenvalue weighted by Gasteiger charge is -2.31. The van der Waals surface area contributed by atoms with Crippen LogP contribution in [0.25, 0.3) is 0 Å². The number of aromatic nitrogens is 2. The molecule has 2 aromatic heterocycles. The Bertz CT molecular complexity index is 3260. The van der Waals surface area contributed by atoms with E-state index in [-0.39, 0.29) is 57.0 Å². The van der Waals surface area contributed by atoms with Crippen molar-refractivity contribution >= 4 is 94.4 Å². The molecule has 0 spiro atoms. The standard InChI is InChI=1S/C64H87ClN16O15/c1-35(2)25-44-56(87)74-43(13-6-7-22-68-36(3)4)63(94)81-24-10-14-51(81)62(93)80-50(64(95)96)33-70-52(83)30-49-61(92)73-42(55(86)76-46(58(89)75-44)27-39-11-8-20-66-31-39)19-23-69-54(85)34-71-53(84)29-48(72-37(5)82)60(91)77-45(26-38-15-17-41(65)18-16-38)57(88)78-47(59(90)79-49)28-40-12-9-21-67-32-40/h8-9,11-12,15-18,20-21,31-32,35-36,42-51,68H,6-7,10,13-14,19,22-30,33-34H2,1-5H3,(H,69,85)(H,70,83)(H,71,84)(H,72,82)(H,73,92)(H,74,87)(H,75,89)(H,76,86)(H,77,91)(H,78,88)(H,79,90)(H,80,93)(H,95,96)/t42-,43-,44-,45+,46+,47+,48-,49-,50-,51-/m0/s1. The van der Waals surface area contributed by atoms with Gasteiger partial charge in [-0.2, -0.15) is 0 Å². The highest BCUT2D eigenvalue weighted by Crippen LogP contribution is 2.22. The Morgan fingerprint density at radius 3 is 1.74 bits per heavy atom. The zero-order chi connectivity index (χ0) is 70.0. The molecule has 10 atom stereocenters. The molecule has 3 aromatic rings. The molecular formula is C64H87ClN16O15. The van der Waals surface area contributed by atoms with Gasteiger partial charge in [0.2, 0.25) is 76.8 Å². The van der Waals surface area contributed by atoms with Crippen molar-refractivity contribution in [3.8, 4) is 0 Å². The number of halogens is 1. The second-order valence-electron chi connectivity index (χ2n) is 24.6. The van der Waals surface area contributed by atoms with E-state index < -0.39 is 182 Å². The van der Waals surface area contributed by atoms with Crippen LogP contribution in [0.4, 0.5) is 0 Å². The number of aliphatic carboxylic acids is 1. The molecule has 0 aliphatic carbocycles. The smallest absolute Gasteiger partial charge is 0.328 e. The van der Waals surface area contributed by atoms with Crippen molar-refractivity contribution in [1.82, 2.24) is 84.0 Å². The summed E-state index contributed by atoms with van der Waals surface area (Å²) in [4.78, 5) is 209. The molecule has 13 amide bonds. The molecule has 3 fully saturated rings. The predicted molar refractivity (Wildman–Crippen MR) is 346 cm³/mol. The Labute approximate surface area is 560 Å².